The maximum Gasteiger partial charge on any atom is 0.303 e. The molecule has 1 rings (SSSR count). The third kappa shape index (κ3) is 9.96. The lowest BCUT2D eigenvalue weighted by Crippen LogP contribution is -2.19. The minimum atomic E-state index is -0.746. The van der Waals surface area contributed by atoms with Crippen LogP contribution in [-0.4, -0.2) is 16.2 Å². The quantitative estimate of drug-likeness (QED) is 0.281. The molecule has 3 heteroatoms. The zero-order valence-corrected chi connectivity index (χ0v) is 22.0. The normalized spacial score (nSPS) is 13.3. The second kappa shape index (κ2) is 13.3. The number of carboxylic acid groups (broad SMARTS) is 1. The molecule has 0 heterocycles. The molecule has 1 unspecified atom stereocenters. The maximum absolute atomic E-state index is 11.6. The molecule has 0 saturated carbocycles. The van der Waals surface area contributed by atoms with Gasteiger partial charge >= 0.3 is 5.97 Å². The van der Waals surface area contributed by atoms with Crippen LogP contribution in [0.1, 0.15) is 148 Å². The minimum Gasteiger partial charge on any atom is -0.507 e. The number of hydrogen-bond donors (Lipinski definition) is 2. The molecule has 0 spiro atoms. The largest absolute Gasteiger partial charge is 0.507 e. The van der Waals surface area contributed by atoms with Crippen molar-refractivity contribution in [3.63, 3.8) is 0 Å². The van der Waals surface area contributed by atoms with E-state index in [4.69, 9.17) is 0 Å². The van der Waals surface area contributed by atoms with Crippen molar-refractivity contribution in [3.8, 4) is 5.75 Å². The molecule has 3 nitrogen and oxygen atoms in total. The van der Waals surface area contributed by atoms with E-state index in [1.165, 1.54) is 57.8 Å². The molecule has 0 aliphatic carbocycles. The summed E-state index contributed by atoms with van der Waals surface area (Å²) < 4.78 is 0. The van der Waals surface area contributed by atoms with Crippen molar-refractivity contribution in [2.45, 2.75) is 142 Å². The highest BCUT2D eigenvalue weighted by Crippen LogP contribution is 2.42. The predicted molar refractivity (Wildman–Crippen MR) is 137 cm³/mol. The van der Waals surface area contributed by atoms with Crippen LogP contribution in [0.5, 0.6) is 5.75 Å². The number of aliphatic carboxylic acids is 1. The first-order chi connectivity index (χ1) is 14.9. The number of benzene rings is 1. The van der Waals surface area contributed by atoms with Crippen LogP contribution in [0.15, 0.2) is 12.1 Å². The number of unbranched alkanes of at least 4 members (excludes halogenated alkanes) is 9. The average molecular weight is 447 g/mol. The SMILES string of the molecule is CCCCCCCCCCCCC(CC(=O)O)c1cc(C(C)(C)C)c(O)c(C(C)(C)C)c1. The number of aromatic hydroxyl groups is 1. The summed E-state index contributed by atoms with van der Waals surface area (Å²) in [6.45, 7) is 14.9. The minimum absolute atomic E-state index is 0.00987. The third-order valence-corrected chi connectivity index (χ3v) is 6.55. The average Bonchev–Trinajstić information content (AvgIpc) is 2.66. The molecule has 1 atom stereocenters. The van der Waals surface area contributed by atoms with Gasteiger partial charge in [-0.3, -0.25) is 4.79 Å². The Kier molecular flexibility index (Phi) is 11.8. The van der Waals surface area contributed by atoms with Crippen LogP contribution in [0.3, 0.4) is 0 Å². The summed E-state index contributed by atoms with van der Waals surface area (Å²) >= 11 is 0. The van der Waals surface area contributed by atoms with Crippen LogP contribution in [-0.2, 0) is 15.6 Å². The fourth-order valence-electron chi connectivity index (χ4n) is 4.51. The number of carboxylic acids is 1. The highest BCUT2D eigenvalue weighted by Gasteiger charge is 2.28. The Morgan fingerprint density at radius 2 is 1.19 bits per heavy atom. The lowest BCUT2D eigenvalue weighted by Gasteiger charge is -2.30. The molecule has 0 aliphatic heterocycles. The standard InChI is InChI=1S/C29H50O3/c1-8-9-10-11-12-13-14-15-16-17-18-22(21-26(30)31)23-19-24(28(2,3)4)27(32)25(20-23)29(5,6)7/h19-20,22,32H,8-18,21H2,1-7H3,(H,30,31). The van der Waals surface area contributed by atoms with E-state index < -0.39 is 5.97 Å². The molecule has 32 heavy (non-hydrogen) atoms. The van der Waals surface area contributed by atoms with E-state index in [-0.39, 0.29) is 23.2 Å². The van der Waals surface area contributed by atoms with E-state index in [1.807, 2.05) is 0 Å². The maximum atomic E-state index is 11.6. The third-order valence-electron chi connectivity index (χ3n) is 6.55. The Balaban J connectivity index is 2.84. The van der Waals surface area contributed by atoms with E-state index in [0.717, 1.165) is 29.5 Å². The van der Waals surface area contributed by atoms with Crippen molar-refractivity contribution in [2.75, 3.05) is 0 Å². The van der Waals surface area contributed by atoms with E-state index in [9.17, 15) is 15.0 Å². The summed E-state index contributed by atoms with van der Waals surface area (Å²) in [6.07, 6.45) is 13.9. The molecule has 1 aromatic carbocycles. The second-order valence-electron chi connectivity index (χ2n) is 11.7. The number of carbonyl (C=O) groups is 1. The topological polar surface area (TPSA) is 57.5 Å². The van der Waals surface area contributed by atoms with Gasteiger partial charge in [-0.15, -0.1) is 0 Å². The molecular weight excluding hydrogens is 396 g/mol. The Hall–Kier alpha value is -1.51. The number of hydrogen-bond acceptors (Lipinski definition) is 2. The van der Waals surface area contributed by atoms with Crippen LogP contribution < -0.4 is 0 Å². The van der Waals surface area contributed by atoms with Crippen LogP contribution >= 0.6 is 0 Å². The van der Waals surface area contributed by atoms with Gasteiger partial charge in [0.2, 0.25) is 0 Å². The molecule has 184 valence electrons. The van der Waals surface area contributed by atoms with Crippen molar-refractivity contribution in [3.05, 3.63) is 28.8 Å². The molecule has 0 saturated heterocycles. The molecule has 0 bridgehead atoms. The highest BCUT2D eigenvalue weighted by atomic mass is 16.4. The van der Waals surface area contributed by atoms with Crippen molar-refractivity contribution in [1.29, 1.82) is 0 Å². The van der Waals surface area contributed by atoms with Crippen LogP contribution in [0.2, 0.25) is 0 Å². The van der Waals surface area contributed by atoms with E-state index in [2.05, 4.69) is 60.6 Å². The first kappa shape index (κ1) is 28.5. The van der Waals surface area contributed by atoms with Crippen molar-refractivity contribution in [1.82, 2.24) is 0 Å². The lowest BCUT2D eigenvalue weighted by atomic mass is 9.76. The molecular formula is C29H50O3. The van der Waals surface area contributed by atoms with Gasteiger partial charge in [0.1, 0.15) is 5.75 Å². The van der Waals surface area contributed by atoms with Gasteiger partial charge in [0, 0.05) is 0 Å². The summed E-state index contributed by atoms with van der Waals surface area (Å²) in [6, 6.07) is 4.13. The molecule has 0 aromatic heterocycles. The Morgan fingerprint density at radius 1 is 0.781 bits per heavy atom. The Bertz CT molecular complexity index is 656. The van der Waals surface area contributed by atoms with Gasteiger partial charge < -0.3 is 10.2 Å². The van der Waals surface area contributed by atoms with Gasteiger partial charge in [0.25, 0.3) is 0 Å². The first-order valence-electron chi connectivity index (χ1n) is 13.0. The van der Waals surface area contributed by atoms with E-state index in [0.29, 0.717) is 5.75 Å². The van der Waals surface area contributed by atoms with Crippen LogP contribution in [0.25, 0.3) is 0 Å². The summed E-state index contributed by atoms with van der Waals surface area (Å²) in [5.41, 5.74) is 2.49. The highest BCUT2D eigenvalue weighted by molar-refractivity contribution is 5.68. The molecule has 2 N–H and O–H groups in total. The number of rotatable bonds is 14. The van der Waals surface area contributed by atoms with Gasteiger partial charge in [-0.1, -0.05) is 125 Å². The molecule has 0 radical (unpaired) electrons. The lowest BCUT2D eigenvalue weighted by molar-refractivity contribution is -0.137. The van der Waals surface area contributed by atoms with E-state index >= 15 is 0 Å². The van der Waals surface area contributed by atoms with E-state index in [1.54, 1.807) is 0 Å². The van der Waals surface area contributed by atoms with Crippen molar-refractivity contribution < 1.29 is 15.0 Å². The van der Waals surface area contributed by atoms with Gasteiger partial charge in [0.15, 0.2) is 0 Å². The molecule has 1 aromatic rings. The smallest absolute Gasteiger partial charge is 0.303 e. The Labute approximate surface area is 198 Å². The van der Waals surface area contributed by atoms with Crippen LogP contribution in [0, 0.1) is 0 Å². The van der Waals surface area contributed by atoms with Gasteiger partial charge in [-0.25, -0.2) is 0 Å². The summed E-state index contributed by atoms with van der Waals surface area (Å²) in [7, 11) is 0. The fraction of sp³-hybridized carbons (Fsp3) is 0.759. The number of phenolic OH excluding ortho intramolecular Hbond substituents is 1. The molecule has 0 fully saturated rings. The second-order valence-corrected chi connectivity index (χ2v) is 11.7. The Morgan fingerprint density at radius 3 is 1.56 bits per heavy atom. The molecule has 0 amide bonds. The first-order valence-corrected chi connectivity index (χ1v) is 13.0. The van der Waals surface area contributed by atoms with Crippen LogP contribution in [0.4, 0.5) is 0 Å². The molecule has 0 aliphatic rings. The van der Waals surface area contributed by atoms with Gasteiger partial charge in [-0.2, -0.15) is 0 Å². The zero-order valence-electron chi connectivity index (χ0n) is 22.0. The van der Waals surface area contributed by atoms with Crippen molar-refractivity contribution >= 4 is 5.97 Å². The van der Waals surface area contributed by atoms with Gasteiger partial charge in [0.05, 0.1) is 6.42 Å². The zero-order chi connectivity index (χ0) is 24.4. The predicted octanol–water partition coefficient (Wildman–Crippen LogP) is 8.86. The summed E-state index contributed by atoms with van der Waals surface area (Å²) in [5, 5.41) is 20.6. The van der Waals surface area contributed by atoms with Crippen molar-refractivity contribution in [2.24, 2.45) is 0 Å². The van der Waals surface area contributed by atoms with Gasteiger partial charge in [-0.05, 0) is 39.9 Å². The number of phenols is 1. The monoisotopic (exact) mass is 446 g/mol. The summed E-state index contributed by atoms with van der Waals surface area (Å²) in [4.78, 5) is 11.6. The summed E-state index contributed by atoms with van der Waals surface area (Å²) in [5.74, 6) is -0.393. The fourth-order valence-corrected chi connectivity index (χ4v) is 4.51.